The molecule has 0 saturated carbocycles. The van der Waals surface area contributed by atoms with Gasteiger partial charge in [-0.05, 0) is 43.8 Å². The SMILES string of the molecule is CN(C)CCn1c(=O)c2[nH]c(Cc3ccccc3)nc2n(CCc2ccc(N)cc2)c1=O. The number of rotatable bonds is 8. The van der Waals surface area contributed by atoms with Crippen molar-refractivity contribution >= 4 is 16.9 Å². The van der Waals surface area contributed by atoms with E-state index in [-0.39, 0.29) is 11.2 Å². The summed E-state index contributed by atoms with van der Waals surface area (Å²) >= 11 is 0. The van der Waals surface area contributed by atoms with Gasteiger partial charge in [-0.15, -0.1) is 0 Å². The van der Waals surface area contributed by atoms with Crippen molar-refractivity contribution in [3.05, 3.63) is 92.4 Å². The van der Waals surface area contributed by atoms with Gasteiger partial charge in [-0.1, -0.05) is 42.5 Å². The lowest BCUT2D eigenvalue weighted by atomic mass is 10.1. The van der Waals surface area contributed by atoms with Crippen LogP contribution in [0, 0.1) is 0 Å². The zero-order valence-electron chi connectivity index (χ0n) is 18.4. The molecule has 0 aliphatic heterocycles. The molecule has 0 amide bonds. The number of imidazole rings is 1. The molecule has 2 aromatic heterocycles. The lowest BCUT2D eigenvalue weighted by Gasteiger charge is -2.13. The molecule has 0 aliphatic carbocycles. The van der Waals surface area contributed by atoms with Gasteiger partial charge in [-0.25, -0.2) is 9.78 Å². The maximum absolute atomic E-state index is 13.3. The Kier molecular flexibility index (Phi) is 6.23. The summed E-state index contributed by atoms with van der Waals surface area (Å²) in [6.07, 6.45) is 1.18. The van der Waals surface area contributed by atoms with E-state index in [1.54, 1.807) is 4.57 Å². The van der Waals surface area contributed by atoms with Crippen LogP contribution < -0.4 is 17.0 Å². The highest BCUT2D eigenvalue weighted by Gasteiger charge is 2.17. The molecule has 0 fully saturated rings. The number of anilines is 1. The Labute approximate surface area is 185 Å². The molecule has 32 heavy (non-hydrogen) atoms. The van der Waals surface area contributed by atoms with Gasteiger partial charge in [-0.2, -0.15) is 0 Å². The first-order valence-electron chi connectivity index (χ1n) is 10.7. The fraction of sp³-hybridized carbons (Fsp3) is 0.292. The Bertz CT molecular complexity index is 1320. The van der Waals surface area contributed by atoms with E-state index in [9.17, 15) is 9.59 Å². The van der Waals surface area contributed by atoms with E-state index in [1.807, 2.05) is 73.6 Å². The van der Waals surface area contributed by atoms with Crippen LogP contribution in [-0.4, -0.2) is 44.6 Å². The number of aryl methyl sites for hydroxylation is 2. The van der Waals surface area contributed by atoms with E-state index in [2.05, 4.69) is 9.97 Å². The summed E-state index contributed by atoms with van der Waals surface area (Å²) in [6, 6.07) is 17.5. The fourth-order valence-corrected chi connectivity index (χ4v) is 3.71. The van der Waals surface area contributed by atoms with Crippen molar-refractivity contribution in [2.24, 2.45) is 0 Å². The van der Waals surface area contributed by atoms with Gasteiger partial charge >= 0.3 is 5.69 Å². The van der Waals surface area contributed by atoms with Crippen molar-refractivity contribution in [3.8, 4) is 0 Å². The second kappa shape index (κ2) is 9.23. The van der Waals surface area contributed by atoms with E-state index >= 15 is 0 Å². The summed E-state index contributed by atoms with van der Waals surface area (Å²) in [5.74, 6) is 0.661. The maximum Gasteiger partial charge on any atom is 0.332 e. The Balaban J connectivity index is 1.76. The van der Waals surface area contributed by atoms with Crippen molar-refractivity contribution in [2.75, 3.05) is 26.4 Å². The molecule has 166 valence electrons. The minimum atomic E-state index is -0.336. The molecule has 0 aliphatic rings. The molecule has 3 N–H and O–H groups in total. The molecule has 8 nitrogen and oxygen atoms in total. The lowest BCUT2D eigenvalue weighted by Crippen LogP contribution is -2.42. The first-order valence-corrected chi connectivity index (χ1v) is 10.7. The predicted octanol–water partition coefficient (Wildman–Crippen LogP) is 1.86. The van der Waals surface area contributed by atoms with Crippen LogP contribution in [0.3, 0.4) is 0 Å². The van der Waals surface area contributed by atoms with Crippen LogP contribution in [0.5, 0.6) is 0 Å². The smallest absolute Gasteiger partial charge is 0.332 e. The fourth-order valence-electron chi connectivity index (χ4n) is 3.71. The van der Waals surface area contributed by atoms with Gasteiger partial charge in [0.15, 0.2) is 5.65 Å². The molecule has 2 heterocycles. The van der Waals surface area contributed by atoms with Crippen molar-refractivity contribution in [2.45, 2.75) is 25.9 Å². The van der Waals surface area contributed by atoms with Crippen LogP contribution in [0.1, 0.15) is 17.0 Å². The Morgan fingerprint density at radius 2 is 1.66 bits per heavy atom. The van der Waals surface area contributed by atoms with Crippen LogP contribution >= 0.6 is 0 Å². The van der Waals surface area contributed by atoms with Crippen LogP contribution in [0.4, 0.5) is 5.69 Å². The molecule has 0 saturated heterocycles. The summed E-state index contributed by atoms with van der Waals surface area (Å²) < 4.78 is 2.91. The number of aromatic amines is 1. The summed E-state index contributed by atoms with van der Waals surface area (Å²) in [4.78, 5) is 36.2. The number of nitrogens with one attached hydrogen (secondary N) is 1. The summed E-state index contributed by atoms with van der Waals surface area (Å²) in [6.45, 7) is 1.32. The number of aromatic nitrogens is 4. The molecule has 0 bridgehead atoms. The molecule has 4 aromatic rings. The summed E-state index contributed by atoms with van der Waals surface area (Å²) in [7, 11) is 3.83. The number of H-pyrrole nitrogens is 1. The van der Waals surface area contributed by atoms with Crippen LogP contribution in [0.25, 0.3) is 11.2 Å². The number of benzene rings is 2. The molecule has 0 atom stereocenters. The quantitative estimate of drug-likeness (QED) is 0.414. The molecular weight excluding hydrogens is 404 g/mol. The van der Waals surface area contributed by atoms with Crippen LogP contribution in [0.2, 0.25) is 0 Å². The standard InChI is InChI=1S/C24H28N6O2/c1-28(2)14-15-30-23(31)21-22(27-20(26-21)16-18-6-4-3-5-7-18)29(24(30)32)13-12-17-8-10-19(25)11-9-17/h3-11H,12-16,25H2,1-2H3,(H,26,27). The third-order valence-corrected chi connectivity index (χ3v) is 5.50. The lowest BCUT2D eigenvalue weighted by molar-refractivity contribution is 0.373. The number of hydrogen-bond donors (Lipinski definition) is 2. The predicted molar refractivity (Wildman–Crippen MR) is 127 cm³/mol. The number of fused-ring (bicyclic) bond motifs is 1. The average molecular weight is 433 g/mol. The second-order valence-corrected chi connectivity index (χ2v) is 8.23. The topological polar surface area (TPSA) is 102 Å². The molecule has 4 rings (SSSR count). The summed E-state index contributed by atoms with van der Waals surface area (Å²) in [5, 5.41) is 0. The molecular formula is C24H28N6O2. The molecule has 0 radical (unpaired) electrons. The number of nitrogens with two attached hydrogens (primary N) is 1. The van der Waals surface area contributed by atoms with E-state index < -0.39 is 0 Å². The third-order valence-electron chi connectivity index (χ3n) is 5.50. The van der Waals surface area contributed by atoms with Gasteiger partial charge in [0.2, 0.25) is 0 Å². The highest BCUT2D eigenvalue weighted by Crippen LogP contribution is 2.12. The Morgan fingerprint density at radius 1 is 0.938 bits per heavy atom. The largest absolute Gasteiger partial charge is 0.399 e. The van der Waals surface area contributed by atoms with Crippen molar-refractivity contribution < 1.29 is 0 Å². The van der Waals surface area contributed by atoms with Crippen molar-refractivity contribution in [1.82, 2.24) is 24.0 Å². The second-order valence-electron chi connectivity index (χ2n) is 8.23. The Hall–Kier alpha value is -3.65. The van der Waals surface area contributed by atoms with Gasteiger partial charge < -0.3 is 15.6 Å². The minimum absolute atomic E-state index is 0.315. The highest BCUT2D eigenvalue weighted by atomic mass is 16.2. The van der Waals surface area contributed by atoms with Gasteiger partial charge in [0.25, 0.3) is 5.56 Å². The average Bonchev–Trinajstić information content (AvgIpc) is 3.19. The molecule has 2 aromatic carbocycles. The van der Waals surface area contributed by atoms with Gasteiger partial charge in [-0.3, -0.25) is 13.9 Å². The van der Waals surface area contributed by atoms with E-state index in [0.717, 1.165) is 11.1 Å². The normalized spacial score (nSPS) is 11.5. The van der Waals surface area contributed by atoms with Crippen LogP contribution in [-0.2, 0) is 25.9 Å². The number of nitrogen functional groups attached to an aromatic ring is 1. The molecule has 0 unspecified atom stereocenters. The van der Waals surface area contributed by atoms with Crippen LogP contribution in [0.15, 0.2) is 64.2 Å². The van der Waals surface area contributed by atoms with E-state index in [1.165, 1.54) is 4.57 Å². The van der Waals surface area contributed by atoms with Gasteiger partial charge in [0.05, 0.1) is 0 Å². The maximum atomic E-state index is 13.3. The van der Waals surface area contributed by atoms with Crippen molar-refractivity contribution in [3.63, 3.8) is 0 Å². The zero-order valence-corrected chi connectivity index (χ0v) is 18.4. The number of hydrogen-bond acceptors (Lipinski definition) is 5. The van der Waals surface area contributed by atoms with E-state index in [0.29, 0.717) is 55.2 Å². The molecule has 0 spiro atoms. The Morgan fingerprint density at radius 3 is 2.34 bits per heavy atom. The summed E-state index contributed by atoms with van der Waals surface area (Å²) in [5.41, 5.74) is 8.72. The highest BCUT2D eigenvalue weighted by molar-refractivity contribution is 5.70. The minimum Gasteiger partial charge on any atom is -0.399 e. The third kappa shape index (κ3) is 4.65. The number of nitrogens with zero attached hydrogens (tertiary/aromatic N) is 4. The van der Waals surface area contributed by atoms with Gasteiger partial charge in [0, 0.05) is 31.7 Å². The monoisotopic (exact) mass is 432 g/mol. The first-order chi connectivity index (χ1) is 15.4. The molecule has 8 heteroatoms. The van der Waals surface area contributed by atoms with Crippen molar-refractivity contribution in [1.29, 1.82) is 0 Å². The first kappa shape index (κ1) is 21.6. The van der Waals surface area contributed by atoms with E-state index in [4.69, 9.17) is 5.73 Å². The zero-order chi connectivity index (χ0) is 22.7. The van der Waals surface area contributed by atoms with Gasteiger partial charge in [0.1, 0.15) is 11.3 Å². The number of likely N-dealkylation sites (N-methyl/N-ethyl adjacent to an activating group) is 1.